The third kappa shape index (κ3) is 3.43. The van der Waals surface area contributed by atoms with Gasteiger partial charge in [-0.25, -0.2) is 4.98 Å². The van der Waals surface area contributed by atoms with Crippen LogP contribution in [0.4, 0.5) is 0 Å². The van der Waals surface area contributed by atoms with Gasteiger partial charge in [0.2, 0.25) is 0 Å². The van der Waals surface area contributed by atoms with Gasteiger partial charge >= 0.3 is 0 Å². The van der Waals surface area contributed by atoms with E-state index >= 15 is 0 Å². The van der Waals surface area contributed by atoms with Crippen LogP contribution >= 0.6 is 11.3 Å². The Bertz CT molecular complexity index is 589. The Morgan fingerprint density at radius 1 is 1.45 bits per heavy atom. The van der Waals surface area contributed by atoms with Gasteiger partial charge in [0, 0.05) is 25.4 Å². The van der Waals surface area contributed by atoms with Crippen molar-refractivity contribution in [2.45, 2.75) is 13.3 Å². The molecule has 2 rings (SSSR count). The highest BCUT2D eigenvalue weighted by Gasteiger charge is 2.16. The Kier molecular flexibility index (Phi) is 4.86. The van der Waals surface area contributed by atoms with Gasteiger partial charge in [0.15, 0.2) is 0 Å². The maximum Gasteiger partial charge on any atom is 0.263 e. The van der Waals surface area contributed by atoms with E-state index in [1.165, 1.54) is 11.3 Å². The van der Waals surface area contributed by atoms with E-state index < -0.39 is 0 Å². The van der Waals surface area contributed by atoms with Gasteiger partial charge in [0.1, 0.15) is 9.88 Å². The van der Waals surface area contributed by atoms with Gasteiger partial charge in [0.05, 0.1) is 11.9 Å². The SMILES string of the molecule is CNCCCNC(=O)c1sc(-c2cnn(C)c2)nc1C. The number of nitrogens with zero attached hydrogens (tertiary/aromatic N) is 3. The average Bonchev–Trinajstić information content (AvgIpc) is 3.00. The van der Waals surface area contributed by atoms with Crippen LogP contribution in [0.15, 0.2) is 12.4 Å². The van der Waals surface area contributed by atoms with Crippen LogP contribution in [0.2, 0.25) is 0 Å². The molecule has 0 aromatic carbocycles. The van der Waals surface area contributed by atoms with Crippen molar-refractivity contribution in [2.75, 3.05) is 20.1 Å². The van der Waals surface area contributed by atoms with Crippen LogP contribution in [0, 0.1) is 6.92 Å². The lowest BCUT2D eigenvalue weighted by Gasteiger charge is -2.03. The highest BCUT2D eigenvalue weighted by Crippen LogP contribution is 2.27. The number of amides is 1. The predicted octanol–water partition coefficient (Wildman–Crippen LogP) is 1.19. The summed E-state index contributed by atoms with van der Waals surface area (Å²) in [5.74, 6) is -0.0498. The summed E-state index contributed by atoms with van der Waals surface area (Å²) in [4.78, 5) is 17.2. The summed E-state index contributed by atoms with van der Waals surface area (Å²) in [6.45, 7) is 3.42. The average molecular weight is 293 g/mol. The summed E-state index contributed by atoms with van der Waals surface area (Å²) in [6, 6.07) is 0. The summed E-state index contributed by atoms with van der Waals surface area (Å²) in [7, 11) is 3.76. The van der Waals surface area contributed by atoms with Crippen LogP contribution < -0.4 is 10.6 Å². The number of aryl methyl sites for hydroxylation is 2. The Morgan fingerprint density at radius 2 is 2.25 bits per heavy atom. The molecule has 6 nitrogen and oxygen atoms in total. The third-order valence-electron chi connectivity index (χ3n) is 2.84. The summed E-state index contributed by atoms with van der Waals surface area (Å²) < 4.78 is 1.73. The minimum atomic E-state index is -0.0498. The molecule has 20 heavy (non-hydrogen) atoms. The second-order valence-corrected chi connectivity index (χ2v) is 5.55. The molecule has 0 fully saturated rings. The zero-order chi connectivity index (χ0) is 14.5. The first kappa shape index (κ1) is 14.7. The van der Waals surface area contributed by atoms with E-state index in [1.54, 1.807) is 10.9 Å². The van der Waals surface area contributed by atoms with Gasteiger partial charge in [-0.05, 0) is 26.9 Å². The lowest BCUT2D eigenvalue weighted by atomic mass is 10.3. The zero-order valence-electron chi connectivity index (χ0n) is 11.9. The first-order valence-corrected chi connectivity index (χ1v) is 7.32. The van der Waals surface area contributed by atoms with Crippen molar-refractivity contribution in [3.8, 4) is 10.6 Å². The van der Waals surface area contributed by atoms with Crippen molar-refractivity contribution in [3.05, 3.63) is 23.0 Å². The summed E-state index contributed by atoms with van der Waals surface area (Å²) in [5.41, 5.74) is 1.70. The maximum atomic E-state index is 12.1. The van der Waals surface area contributed by atoms with Crippen LogP contribution in [-0.4, -0.2) is 40.8 Å². The van der Waals surface area contributed by atoms with E-state index in [9.17, 15) is 4.79 Å². The fourth-order valence-electron chi connectivity index (χ4n) is 1.81. The number of carbonyl (C=O) groups excluding carboxylic acids is 1. The lowest BCUT2D eigenvalue weighted by Crippen LogP contribution is -2.26. The highest BCUT2D eigenvalue weighted by molar-refractivity contribution is 7.17. The molecular weight excluding hydrogens is 274 g/mol. The molecular formula is C13H19N5OS. The monoisotopic (exact) mass is 293 g/mol. The summed E-state index contributed by atoms with van der Waals surface area (Å²) >= 11 is 1.41. The fourth-order valence-corrected chi connectivity index (χ4v) is 2.77. The fraction of sp³-hybridized carbons (Fsp3) is 0.462. The highest BCUT2D eigenvalue weighted by atomic mass is 32.1. The van der Waals surface area contributed by atoms with Crippen LogP contribution in [0.5, 0.6) is 0 Å². The molecule has 0 aliphatic heterocycles. The normalized spacial score (nSPS) is 10.8. The van der Waals surface area contributed by atoms with E-state index in [-0.39, 0.29) is 5.91 Å². The minimum absolute atomic E-state index is 0.0498. The van der Waals surface area contributed by atoms with Crippen LogP contribution in [0.3, 0.4) is 0 Å². The van der Waals surface area contributed by atoms with Crippen molar-refractivity contribution >= 4 is 17.2 Å². The molecule has 2 aromatic rings. The number of nitrogens with one attached hydrogen (secondary N) is 2. The van der Waals surface area contributed by atoms with E-state index in [4.69, 9.17) is 0 Å². The Labute approximate surface area is 122 Å². The first-order chi connectivity index (χ1) is 9.61. The second kappa shape index (κ2) is 6.62. The molecule has 0 saturated carbocycles. The number of thiazole rings is 1. The van der Waals surface area contributed by atoms with E-state index in [2.05, 4.69) is 20.7 Å². The maximum absolute atomic E-state index is 12.1. The molecule has 0 aliphatic rings. The van der Waals surface area contributed by atoms with Crippen molar-refractivity contribution in [1.82, 2.24) is 25.4 Å². The summed E-state index contributed by atoms with van der Waals surface area (Å²) in [5, 5.41) is 10.9. The van der Waals surface area contributed by atoms with E-state index in [0.717, 1.165) is 29.2 Å². The number of hydrogen-bond acceptors (Lipinski definition) is 5. The summed E-state index contributed by atoms with van der Waals surface area (Å²) in [6.07, 6.45) is 4.56. The zero-order valence-corrected chi connectivity index (χ0v) is 12.8. The molecule has 0 aliphatic carbocycles. The van der Waals surface area contributed by atoms with E-state index in [0.29, 0.717) is 11.4 Å². The number of aromatic nitrogens is 3. The van der Waals surface area contributed by atoms with Gasteiger partial charge in [-0.1, -0.05) is 0 Å². The number of rotatable bonds is 6. The third-order valence-corrected chi connectivity index (χ3v) is 4.05. The van der Waals surface area contributed by atoms with Gasteiger partial charge in [-0.2, -0.15) is 5.10 Å². The van der Waals surface area contributed by atoms with Crippen LogP contribution in [-0.2, 0) is 7.05 Å². The molecule has 2 N–H and O–H groups in total. The van der Waals surface area contributed by atoms with Gasteiger partial charge in [-0.3, -0.25) is 9.48 Å². The molecule has 0 atom stereocenters. The largest absolute Gasteiger partial charge is 0.351 e. The number of carbonyl (C=O) groups is 1. The topological polar surface area (TPSA) is 71.8 Å². The predicted molar refractivity (Wildman–Crippen MR) is 79.9 cm³/mol. The Hall–Kier alpha value is -1.73. The number of hydrogen-bond donors (Lipinski definition) is 2. The molecule has 2 aromatic heterocycles. The molecule has 7 heteroatoms. The Balaban J connectivity index is 2.05. The Morgan fingerprint density at radius 3 is 2.90 bits per heavy atom. The minimum Gasteiger partial charge on any atom is -0.351 e. The van der Waals surface area contributed by atoms with E-state index in [1.807, 2.05) is 27.2 Å². The molecule has 0 saturated heterocycles. The van der Waals surface area contributed by atoms with Crippen molar-refractivity contribution < 1.29 is 4.79 Å². The van der Waals surface area contributed by atoms with Crippen LogP contribution in [0.25, 0.3) is 10.6 Å². The van der Waals surface area contributed by atoms with Gasteiger partial charge in [-0.15, -0.1) is 11.3 Å². The molecule has 108 valence electrons. The lowest BCUT2D eigenvalue weighted by molar-refractivity contribution is 0.0956. The van der Waals surface area contributed by atoms with Crippen molar-refractivity contribution in [2.24, 2.45) is 7.05 Å². The van der Waals surface area contributed by atoms with Gasteiger partial charge < -0.3 is 10.6 Å². The van der Waals surface area contributed by atoms with Crippen molar-refractivity contribution in [3.63, 3.8) is 0 Å². The van der Waals surface area contributed by atoms with Crippen molar-refractivity contribution in [1.29, 1.82) is 0 Å². The quantitative estimate of drug-likeness (QED) is 0.785. The molecule has 0 bridgehead atoms. The standard InChI is InChI=1S/C13H19N5OS/c1-9-11(12(19)15-6-4-5-14-2)20-13(17-9)10-7-16-18(3)8-10/h7-8,14H,4-6H2,1-3H3,(H,15,19). The molecule has 2 heterocycles. The van der Waals surface area contributed by atoms with Gasteiger partial charge in [0.25, 0.3) is 5.91 Å². The first-order valence-electron chi connectivity index (χ1n) is 6.51. The second-order valence-electron chi connectivity index (χ2n) is 4.55. The molecule has 0 unspecified atom stereocenters. The molecule has 0 radical (unpaired) electrons. The molecule has 1 amide bonds. The molecule has 0 spiro atoms. The van der Waals surface area contributed by atoms with Crippen LogP contribution in [0.1, 0.15) is 21.8 Å². The smallest absolute Gasteiger partial charge is 0.263 e.